The van der Waals surface area contributed by atoms with Gasteiger partial charge in [0.1, 0.15) is 10.6 Å². The number of methoxy groups -OCH3 is 1. The first kappa shape index (κ1) is 15.8. The monoisotopic (exact) mass is 310 g/mol. The van der Waals surface area contributed by atoms with E-state index >= 15 is 0 Å². The zero-order chi connectivity index (χ0) is 15.8. The highest BCUT2D eigenvalue weighted by molar-refractivity contribution is 7.19. The molecule has 1 aliphatic rings. The molecule has 0 radical (unpaired) electrons. The highest BCUT2D eigenvalue weighted by Crippen LogP contribution is 2.43. The summed E-state index contributed by atoms with van der Waals surface area (Å²) in [6.45, 7) is 7.88. The van der Waals surface area contributed by atoms with Crippen molar-refractivity contribution in [3.63, 3.8) is 0 Å². The number of nitrogens with two attached hydrogens (primary N) is 1. The van der Waals surface area contributed by atoms with Gasteiger partial charge in [-0.15, -0.1) is 11.3 Å². The summed E-state index contributed by atoms with van der Waals surface area (Å²) in [6.07, 6.45) is 1.42. The molecule has 21 heavy (non-hydrogen) atoms. The van der Waals surface area contributed by atoms with Gasteiger partial charge in [0, 0.05) is 19.5 Å². The second-order valence-corrected chi connectivity index (χ2v) is 7.13. The summed E-state index contributed by atoms with van der Waals surface area (Å²) >= 11 is 1.31. The van der Waals surface area contributed by atoms with E-state index in [1.54, 1.807) is 6.92 Å². The topological polar surface area (TPSA) is 72.6 Å². The zero-order valence-electron chi connectivity index (χ0n) is 13.0. The Morgan fingerprint density at radius 3 is 2.57 bits per heavy atom. The molecule has 2 rings (SSSR count). The molecular formula is C15H22N2O3S. The van der Waals surface area contributed by atoms with E-state index in [0.29, 0.717) is 16.9 Å². The Balaban J connectivity index is 2.49. The van der Waals surface area contributed by atoms with Gasteiger partial charge < -0.3 is 15.4 Å². The highest BCUT2D eigenvalue weighted by atomic mass is 32.1. The third kappa shape index (κ3) is 2.90. The molecule has 0 spiro atoms. The van der Waals surface area contributed by atoms with Crippen LogP contribution in [-0.2, 0) is 4.74 Å². The molecule has 1 aromatic rings. The van der Waals surface area contributed by atoms with Crippen molar-refractivity contribution in [3.8, 4) is 0 Å². The summed E-state index contributed by atoms with van der Waals surface area (Å²) in [5, 5.41) is 0.765. The third-order valence-electron chi connectivity index (χ3n) is 3.86. The van der Waals surface area contributed by atoms with E-state index in [1.165, 1.54) is 18.4 Å². The molecule has 116 valence electrons. The van der Waals surface area contributed by atoms with Crippen LogP contribution in [0.2, 0.25) is 0 Å². The number of nitrogen functional groups attached to an aromatic ring is 1. The number of ketones is 1. The third-order valence-corrected chi connectivity index (χ3v) is 5.16. The van der Waals surface area contributed by atoms with Crippen LogP contribution < -0.4 is 10.6 Å². The van der Waals surface area contributed by atoms with Gasteiger partial charge in [0.05, 0.1) is 17.7 Å². The lowest BCUT2D eigenvalue weighted by Gasteiger charge is -2.21. The first-order valence-electron chi connectivity index (χ1n) is 7.09. The van der Waals surface area contributed by atoms with Gasteiger partial charge in [0.25, 0.3) is 0 Å². The van der Waals surface area contributed by atoms with Crippen molar-refractivity contribution in [2.45, 2.75) is 33.6 Å². The summed E-state index contributed by atoms with van der Waals surface area (Å²) in [6, 6.07) is 0. The van der Waals surface area contributed by atoms with Gasteiger partial charge in [-0.05, 0) is 11.8 Å². The van der Waals surface area contributed by atoms with Crippen molar-refractivity contribution in [2.24, 2.45) is 5.41 Å². The number of hydrogen-bond acceptors (Lipinski definition) is 6. The van der Waals surface area contributed by atoms with Crippen LogP contribution in [0.4, 0.5) is 10.7 Å². The first-order chi connectivity index (χ1) is 9.80. The lowest BCUT2D eigenvalue weighted by atomic mass is 9.93. The van der Waals surface area contributed by atoms with Crippen LogP contribution in [-0.4, -0.2) is 32.0 Å². The molecule has 0 aliphatic carbocycles. The van der Waals surface area contributed by atoms with Crippen LogP contribution in [0.25, 0.3) is 0 Å². The van der Waals surface area contributed by atoms with Crippen molar-refractivity contribution in [3.05, 3.63) is 10.4 Å². The molecule has 5 nitrogen and oxygen atoms in total. The lowest BCUT2D eigenvalue weighted by Crippen LogP contribution is -2.23. The van der Waals surface area contributed by atoms with Crippen molar-refractivity contribution in [1.29, 1.82) is 0 Å². The normalized spacial score (nSPS) is 17.0. The number of nitrogens with zero attached hydrogens (tertiary/aromatic N) is 1. The molecule has 1 aromatic heterocycles. The molecular weight excluding hydrogens is 288 g/mol. The minimum absolute atomic E-state index is 0.0349. The Kier molecular flexibility index (Phi) is 4.27. The molecule has 0 atom stereocenters. The summed E-state index contributed by atoms with van der Waals surface area (Å²) in [5.74, 6) is -0.508. The van der Waals surface area contributed by atoms with Gasteiger partial charge in [0.15, 0.2) is 5.78 Å². The maximum atomic E-state index is 12.1. The predicted molar refractivity (Wildman–Crippen MR) is 85.3 cm³/mol. The Hall–Kier alpha value is -1.56. The number of carbonyl (C=O) groups excluding carboxylic acids is 2. The number of esters is 1. The maximum Gasteiger partial charge on any atom is 0.343 e. The fourth-order valence-electron chi connectivity index (χ4n) is 2.61. The van der Waals surface area contributed by atoms with Crippen LogP contribution in [0.15, 0.2) is 0 Å². The molecule has 1 fully saturated rings. The number of ether oxygens (including phenoxy) is 1. The van der Waals surface area contributed by atoms with Crippen molar-refractivity contribution in [2.75, 3.05) is 30.8 Å². The van der Waals surface area contributed by atoms with Crippen molar-refractivity contribution < 1.29 is 14.3 Å². The van der Waals surface area contributed by atoms with Gasteiger partial charge in [-0.3, -0.25) is 4.79 Å². The standard InChI is InChI=1S/C15H22N2O3S/c1-5-9(18)12-11(16)10(14(19)20-4)13(21-12)17-7-6-15(2,3)8-17/h5-8,16H2,1-4H3. The molecule has 2 heterocycles. The number of rotatable bonds is 4. The van der Waals surface area contributed by atoms with Crippen LogP contribution in [0, 0.1) is 5.41 Å². The molecule has 0 amide bonds. The van der Waals surface area contributed by atoms with Crippen molar-refractivity contribution >= 4 is 33.8 Å². The molecule has 0 unspecified atom stereocenters. The Morgan fingerprint density at radius 1 is 1.43 bits per heavy atom. The fourth-order valence-corrected chi connectivity index (χ4v) is 3.85. The molecule has 6 heteroatoms. The van der Waals surface area contributed by atoms with E-state index < -0.39 is 5.97 Å². The summed E-state index contributed by atoms with van der Waals surface area (Å²) in [5.41, 5.74) is 6.86. The Bertz CT molecular complexity index is 578. The van der Waals surface area contributed by atoms with E-state index in [-0.39, 0.29) is 16.9 Å². The summed E-state index contributed by atoms with van der Waals surface area (Å²) in [7, 11) is 1.33. The van der Waals surface area contributed by atoms with Gasteiger partial charge in [-0.1, -0.05) is 20.8 Å². The molecule has 0 saturated carbocycles. The van der Waals surface area contributed by atoms with E-state index in [0.717, 1.165) is 24.5 Å². The van der Waals surface area contributed by atoms with Gasteiger partial charge in [-0.2, -0.15) is 0 Å². The number of Topliss-reactive ketones (excluding diaryl/α,β-unsaturated/α-hetero) is 1. The van der Waals surface area contributed by atoms with E-state index in [1.807, 2.05) is 0 Å². The average Bonchev–Trinajstić information content (AvgIpc) is 2.97. The Morgan fingerprint density at radius 2 is 2.10 bits per heavy atom. The lowest BCUT2D eigenvalue weighted by molar-refractivity contribution is 0.0603. The predicted octanol–water partition coefficient (Wildman–Crippen LogP) is 2.95. The van der Waals surface area contributed by atoms with Crippen molar-refractivity contribution in [1.82, 2.24) is 0 Å². The van der Waals surface area contributed by atoms with E-state index in [2.05, 4.69) is 18.7 Å². The molecule has 0 aromatic carbocycles. The van der Waals surface area contributed by atoms with Crippen LogP contribution >= 0.6 is 11.3 Å². The number of thiophene rings is 1. The first-order valence-corrected chi connectivity index (χ1v) is 7.91. The molecule has 1 saturated heterocycles. The maximum absolute atomic E-state index is 12.1. The summed E-state index contributed by atoms with van der Waals surface area (Å²) in [4.78, 5) is 26.7. The SMILES string of the molecule is CCC(=O)c1sc(N2CCC(C)(C)C2)c(C(=O)OC)c1N. The second-order valence-electron chi connectivity index (χ2n) is 6.13. The number of carbonyl (C=O) groups is 2. The molecule has 0 bridgehead atoms. The van der Waals surface area contributed by atoms with Crippen LogP contribution in [0.3, 0.4) is 0 Å². The molecule has 1 aliphatic heterocycles. The van der Waals surface area contributed by atoms with Gasteiger partial charge in [-0.25, -0.2) is 4.79 Å². The minimum atomic E-state index is -0.474. The molecule has 2 N–H and O–H groups in total. The largest absolute Gasteiger partial charge is 0.465 e. The zero-order valence-corrected chi connectivity index (χ0v) is 13.8. The minimum Gasteiger partial charge on any atom is -0.465 e. The van der Waals surface area contributed by atoms with Crippen LogP contribution in [0.1, 0.15) is 53.6 Å². The quantitative estimate of drug-likeness (QED) is 0.684. The summed E-state index contributed by atoms with van der Waals surface area (Å²) < 4.78 is 4.85. The number of hydrogen-bond donors (Lipinski definition) is 1. The van der Waals surface area contributed by atoms with E-state index in [4.69, 9.17) is 10.5 Å². The van der Waals surface area contributed by atoms with Gasteiger partial charge in [0.2, 0.25) is 0 Å². The smallest absolute Gasteiger partial charge is 0.343 e. The number of anilines is 2. The highest BCUT2D eigenvalue weighted by Gasteiger charge is 2.35. The van der Waals surface area contributed by atoms with Crippen LogP contribution in [0.5, 0.6) is 0 Å². The van der Waals surface area contributed by atoms with Gasteiger partial charge >= 0.3 is 5.97 Å². The van der Waals surface area contributed by atoms with E-state index in [9.17, 15) is 9.59 Å². The average molecular weight is 310 g/mol. The Labute approximate surface area is 129 Å². The fraction of sp³-hybridized carbons (Fsp3) is 0.600. The second kappa shape index (κ2) is 5.67.